The fourth-order valence-corrected chi connectivity index (χ4v) is 7.78. The zero-order chi connectivity index (χ0) is 32.0. The number of hydrogen-bond donors (Lipinski definition) is 2. The summed E-state index contributed by atoms with van der Waals surface area (Å²) in [4.78, 5) is 58.0. The molecule has 3 aliphatic heterocycles. The molecule has 1 unspecified atom stereocenters. The van der Waals surface area contributed by atoms with Crippen LogP contribution in [0.5, 0.6) is 0 Å². The number of allylic oxidation sites excluding steroid dienone is 1. The molecule has 0 radical (unpaired) electrons. The van der Waals surface area contributed by atoms with E-state index >= 15 is 0 Å². The van der Waals surface area contributed by atoms with Crippen LogP contribution in [0.15, 0.2) is 55.6 Å². The molecule has 1 spiro atoms. The number of amides is 3. The van der Waals surface area contributed by atoms with E-state index in [4.69, 9.17) is 9.47 Å². The zero-order valence-corrected chi connectivity index (χ0v) is 27.1. The minimum Gasteiger partial charge on any atom is -0.463 e. The first kappa shape index (κ1) is 33.9. The third kappa shape index (κ3) is 6.65. The molecule has 1 aromatic rings. The number of esters is 1. The van der Waals surface area contributed by atoms with E-state index in [1.54, 1.807) is 22.0 Å². The van der Waals surface area contributed by atoms with Crippen molar-refractivity contribution in [2.45, 2.75) is 80.6 Å². The molecule has 2 N–H and O–H groups in total. The Hall–Kier alpha value is -3.02. The van der Waals surface area contributed by atoms with Crippen molar-refractivity contribution in [1.82, 2.24) is 15.1 Å². The number of carbonyl (C=O) groups is 4. The minimum absolute atomic E-state index is 0.0318. The van der Waals surface area contributed by atoms with Crippen molar-refractivity contribution in [1.29, 1.82) is 0 Å². The van der Waals surface area contributed by atoms with Crippen molar-refractivity contribution in [2.75, 3.05) is 26.3 Å². The van der Waals surface area contributed by atoms with Crippen LogP contribution in [-0.4, -0.2) is 93.5 Å². The molecule has 240 valence electrons. The molecule has 3 saturated heterocycles. The number of fused-ring (bicyclic) bond motifs is 1. The maximum atomic E-state index is 14.2. The number of benzene rings is 1. The number of unbranched alkanes of at least 4 members (excludes halogenated alkanes) is 1. The monoisotopic (exact) mass is 673 g/mol. The van der Waals surface area contributed by atoms with Crippen molar-refractivity contribution < 1.29 is 33.8 Å². The van der Waals surface area contributed by atoms with E-state index in [0.29, 0.717) is 32.2 Å². The number of halogens is 1. The van der Waals surface area contributed by atoms with Gasteiger partial charge in [-0.15, -0.1) is 13.2 Å². The molecule has 44 heavy (non-hydrogen) atoms. The molecule has 11 heteroatoms. The fraction of sp³-hybridized carbons (Fsp3) is 0.576. The van der Waals surface area contributed by atoms with Gasteiger partial charge in [0.15, 0.2) is 0 Å². The van der Waals surface area contributed by atoms with Gasteiger partial charge in [0.1, 0.15) is 18.2 Å². The van der Waals surface area contributed by atoms with Crippen molar-refractivity contribution in [3.8, 4) is 0 Å². The second-order valence-electron chi connectivity index (χ2n) is 12.0. The highest BCUT2D eigenvalue weighted by Crippen LogP contribution is 2.60. The van der Waals surface area contributed by atoms with Gasteiger partial charge in [-0.05, 0) is 45.1 Å². The Balaban J connectivity index is 1.65. The lowest BCUT2D eigenvalue weighted by Gasteiger charge is -2.38. The van der Waals surface area contributed by atoms with Gasteiger partial charge in [0.05, 0.1) is 24.0 Å². The van der Waals surface area contributed by atoms with Crippen LogP contribution in [0, 0.1) is 11.8 Å². The molecule has 7 atom stereocenters. The second kappa shape index (κ2) is 14.8. The highest BCUT2D eigenvalue weighted by Gasteiger charge is 2.76. The van der Waals surface area contributed by atoms with Crippen molar-refractivity contribution >= 4 is 39.6 Å². The molecule has 10 nitrogen and oxygen atoms in total. The number of aliphatic hydroxyl groups excluding tert-OH is 1. The average molecular weight is 675 g/mol. The standard InChI is InChI=1S/C33H44BrN3O7/c1-5-7-15-25(39)43-20-24(22-13-9-8-10-14-22)35-30(40)26-27-31(41)37(17-11-12-18-38)29(32(42)36(16-6-2)21(3)4)33(27)19-23(34)28(26)44-33/h5-6,8-10,13-14,21,23-24,26-29,38H,1-2,7,11-12,15-20H2,3-4H3,(H,35,40)/t23?,24-,26+,27-,28+,29+,33-/m1/s1. The third-order valence-corrected chi connectivity index (χ3v) is 9.69. The van der Waals surface area contributed by atoms with Crippen LogP contribution in [0.1, 0.15) is 57.6 Å². The van der Waals surface area contributed by atoms with Crippen LogP contribution in [0.25, 0.3) is 0 Å². The molecule has 2 bridgehead atoms. The van der Waals surface area contributed by atoms with Gasteiger partial charge in [0.2, 0.25) is 17.7 Å². The van der Waals surface area contributed by atoms with E-state index in [9.17, 15) is 24.3 Å². The Labute approximate surface area is 267 Å². The topological polar surface area (TPSA) is 125 Å². The summed E-state index contributed by atoms with van der Waals surface area (Å²) in [5, 5.41) is 12.5. The predicted molar refractivity (Wildman–Crippen MR) is 168 cm³/mol. The number of alkyl halides is 1. The molecule has 4 rings (SSSR count). The first-order valence-corrected chi connectivity index (χ1v) is 16.3. The second-order valence-corrected chi connectivity index (χ2v) is 13.2. The largest absolute Gasteiger partial charge is 0.463 e. The first-order valence-electron chi connectivity index (χ1n) is 15.4. The zero-order valence-electron chi connectivity index (χ0n) is 25.5. The number of ether oxygens (including phenoxy) is 2. The summed E-state index contributed by atoms with van der Waals surface area (Å²) in [5.74, 6) is -3.07. The van der Waals surface area contributed by atoms with Gasteiger partial charge in [-0.2, -0.15) is 0 Å². The number of carbonyl (C=O) groups excluding carboxylic acids is 4. The average Bonchev–Trinajstić information content (AvgIpc) is 3.60. The molecule has 3 aliphatic rings. The van der Waals surface area contributed by atoms with E-state index in [-0.39, 0.29) is 48.9 Å². The summed E-state index contributed by atoms with van der Waals surface area (Å²) < 4.78 is 12.1. The van der Waals surface area contributed by atoms with E-state index in [2.05, 4.69) is 34.4 Å². The molecule has 0 aliphatic carbocycles. The van der Waals surface area contributed by atoms with Gasteiger partial charge in [-0.3, -0.25) is 19.2 Å². The van der Waals surface area contributed by atoms with Gasteiger partial charge in [0.25, 0.3) is 0 Å². The van der Waals surface area contributed by atoms with Gasteiger partial charge in [-0.1, -0.05) is 58.4 Å². The SMILES string of the molecule is C=CCCC(=O)OC[C@@H](NC(=O)[C@@H]1[C@H]2O[C@@]3(CC2Br)[C@H](C(=O)N(CC=C)C(C)C)N(CCCCO)C(=O)[C@@H]13)c1ccccc1. The Morgan fingerprint density at radius 1 is 1.23 bits per heavy atom. The van der Waals surface area contributed by atoms with E-state index in [0.717, 1.165) is 5.56 Å². The van der Waals surface area contributed by atoms with Gasteiger partial charge in [-0.25, -0.2) is 0 Å². The van der Waals surface area contributed by atoms with Crippen molar-refractivity contribution in [2.24, 2.45) is 11.8 Å². The summed E-state index contributed by atoms with van der Waals surface area (Å²) in [6.07, 6.45) is 4.71. The summed E-state index contributed by atoms with van der Waals surface area (Å²) in [6, 6.07) is 7.49. The number of likely N-dealkylation sites (tertiary alicyclic amines) is 1. The Kier molecular flexibility index (Phi) is 11.4. The van der Waals surface area contributed by atoms with Crippen LogP contribution in [0.2, 0.25) is 0 Å². The molecular weight excluding hydrogens is 630 g/mol. The van der Waals surface area contributed by atoms with Crippen LogP contribution in [0.3, 0.4) is 0 Å². The van der Waals surface area contributed by atoms with Crippen LogP contribution in [-0.2, 0) is 28.7 Å². The summed E-state index contributed by atoms with van der Waals surface area (Å²) in [6.45, 7) is 11.7. The fourth-order valence-electron chi connectivity index (χ4n) is 6.84. The molecule has 1 aromatic carbocycles. The van der Waals surface area contributed by atoms with Crippen LogP contribution < -0.4 is 5.32 Å². The number of nitrogens with one attached hydrogen (secondary N) is 1. The maximum Gasteiger partial charge on any atom is 0.306 e. The van der Waals surface area contributed by atoms with E-state index in [1.165, 1.54) is 0 Å². The van der Waals surface area contributed by atoms with Crippen molar-refractivity contribution in [3.63, 3.8) is 0 Å². The highest BCUT2D eigenvalue weighted by atomic mass is 79.9. The lowest BCUT2D eigenvalue weighted by atomic mass is 9.70. The maximum absolute atomic E-state index is 14.2. The van der Waals surface area contributed by atoms with Crippen LogP contribution >= 0.6 is 15.9 Å². The first-order chi connectivity index (χ1) is 21.1. The molecule has 0 aromatic heterocycles. The third-order valence-electron chi connectivity index (χ3n) is 8.85. The minimum atomic E-state index is -1.19. The number of rotatable bonds is 16. The quantitative estimate of drug-likeness (QED) is 0.119. The molecule has 3 heterocycles. The summed E-state index contributed by atoms with van der Waals surface area (Å²) in [5.41, 5.74) is -0.443. The van der Waals surface area contributed by atoms with E-state index in [1.807, 2.05) is 44.2 Å². The summed E-state index contributed by atoms with van der Waals surface area (Å²) >= 11 is 3.71. The summed E-state index contributed by atoms with van der Waals surface area (Å²) in [7, 11) is 0. The molecular formula is C33H44BrN3O7. The normalized spacial score (nSPS) is 27.6. The van der Waals surface area contributed by atoms with Crippen LogP contribution in [0.4, 0.5) is 0 Å². The van der Waals surface area contributed by atoms with Gasteiger partial charge < -0.3 is 29.7 Å². The van der Waals surface area contributed by atoms with Gasteiger partial charge >= 0.3 is 5.97 Å². The number of nitrogens with zero attached hydrogens (tertiary/aromatic N) is 2. The predicted octanol–water partition coefficient (Wildman–Crippen LogP) is 3.30. The highest BCUT2D eigenvalue weighted by molar-refractivity contribution is 9.09. The Morgan fingerprint density at radius 3 is 2.59 bits per heavy atom. The Bertz CT molecular complexity index is 1230. The number of hydrogen-bond acceptors (Lipinski definition) is 7. The van der Waals surface area contributed by atoms with E-state index < -0.39 is 47.5 Å². The lowest BCUT2D eigenvalue weighted by Crippen LogP contribution is -2.58. The Morgan fingerprint density at radius 2 is 1.95 bits per heavy atom. The smallest absolute Gasteiger partial charge is 0.306 e. The number of aliphatic hydroxyl groups is 1. The van der Waals surface area contributed by atoms with Gasteiger partial charge in [0, 0.05) is 37.0 Å². The van der Waals surface area contributed by atoms with Crippen molar-refractivity contribution in [3.05, 3.63) is 61.2 Å². The molecule has 0 saturated carbocycles. The molecule has 3 fully saturated rings. The molecule has 3 amide bonds. The lowest BCUT2D eigenvalue weighted by molar-refractivity contribution is -0.149.